The molecule has 0 fully saturated rings. The molecule has 5 heteroatoms. The second-order valence-corrected chi connectivity index (χ2v) is 7.63. The fourth-order valence-corrected chi connectivity index (χ4v) is 4.25. The first-order chi connectivity index (χ1) is 11.7. The van der Waals surface area contributed by atoms with Crippen LogP contribution in [0.15, 0.2) is 45.9 Å². The van der Waals surface area contributed by atoms with E-state index in [0.29, 0.717) is 0 Å². The molecule has 1 aromatic heterocycles. The lowest BCUT2D eigenvalue weighted by atomic mass is 10.1. The van der Waals surface area contributed by atoms with E-state index in [1.807, 2.05) is 18.3 Å². The lowest BCUT2D eigenvalue weighted by molar-refractivity contribution is 0.416. The lowest BCUT2D eigenvalue weighted by Gasteiger charge is -2.08. The van der Waals surface area contributed by atoms with E-state index in [9.17, 15) is 0 Å². The van der Waals surface area contributed by atoms with Gasteiger partial charge in [-0.15, -0.1) is 0 Å². The predicted molar refractivity (Wildman–Crippen MR) is 103 cm³/mol. The van der Waals surface area contributed by atoms with Crippen LogP contribution in [0.2, 0.25) is 0 Å². The minimum absolute atomic E-state index is 0.785. The number of hydrogen-bond donors (Lipinski definition) is 0. The van der Waals surface area contributed by atoms with Crippen LogP contribution in [0.3, 0.4) is 0 Å². The Morgan fingerprint density at radius 2 is 2.00 bits per heavy atom. The summed E-state index contributed by atoms with van der Waals surface area (Å²) in [5.41, 5.74) is 5.67. The number of nitrogens with zero attached hydrogens (tertiary/aromatic N) is 2. The van der Waals surface area contributed by atoms with Crippen molar-refractivity contribution in [1.29, 1.82) is 0 Å². The van der Waals surface area contributed by atoms with E-state index in [0.717, 1.165) is 38.6 Å². The van der Waals surface area contributed by atoms with Gasteiger partial charge in [0.1, 0.15) is 5.75 Å². The summed E-state index contributed by atoms with van der Waals surface area (Å²) in [5.74, 6) is 0.867. The number of rotatable bonds is 3. The molecule has 0 bridgehead atoms. The second-order valence-electron chi connectivity index (χ2n) is 5.72. The van der Waals surface area contributed by atoms with Gasteiger partial charge in [0.25, 0.3) is 0 Å². The van der Waals surface area contributed by atoms with Gasteiger partial charge in [-0.25, -0.2) is 9.98 Å². The van der Waals surface area contributed by atoms with Crippen LogP contribution in [0.4, 0.5) is 5.13 Å². The molecule has 0 atom stereocenters. The van der Waals surface area contributed by atoms with Crippen LogP contribution in [0, 0.1) is 6.92 Å². The number of halogens is 1. The highest BCUT2D eigenvalue weighted by molar-refractivity contribution is 9.10. The van der Waals surface area contributed by atoms with Gasteiger partial charge in [-0.3, -0.25) is 0 Å². The van der Waals surface area contributed by atoms with E-state index < -0.39 is 0 Å². The fraction of sp³-hybridized carbons (Fsp3) is 0.158. The van der Waals surface area contributed by atoms with Gasteiger partial charge in [0.05, 0.1) is 12.8 Å². The molecule has 0 amide bonds. The molecular formula is C19H15BrN2OS. The Balaban J connectivity index is 1.69. The van der Waals surface area contributed by atoms with Gasteiger partial charge in [0.15, 0.2) is 0 Å². The first-order valence-corrected chi connectivity index (χ1v) is 9.23. The average molecular weight is 399 g/mol. The van der Waals surface area contributed by atoms with Crippen molar-refractivity contribution in [1.82, 2.24) is 4.98 Å². The molecule has 0 unspecified atom stereocenters. The summed E-state index contributed by atoms with van der Waals surface area (Å²) in [6, 6.07) is 12.3. The molecule has 3 aromatic rings. The zero-order chi connectivity index (χ0) is 16.7. The van der Waals surface area contributed by atoms with Gasteiger partial charge in [0.2, 0.25) is 5.13 Å². The van der Waals surface area contributed by atoms with E-state index in [2.05, 4.69) is 52.1 Å². The maximum Gasteiger partial charge on any atom is 0.209 e. The van der Waals surface area contributed by atoms with Gasteiger partial charge in [-0.05, 0) is 30.2 Å². The zero-order valence-corrected chi connectivity index (χ0v) is 15.7. The highest BCUT2D eigenvalue weighted by Crippen LogP contribution is 2.48. The van der Waals surface area contributed by atoms with Crippen molar-refractivity contribution in [2.45, 2.75) is 13.3 Å². The highest BCUT2D eigenvalue weighted by atomic mass is 79.9. The van der Waals surface area contributed by atoms with E-state index in [1.54, 1.807) is 18.4 Å². The number of aliphatic imine (C=N–C) groups is 1. The molecular weight excluding hydrogens is 384 g/mol. The third-order valence-corrected chi connectivity index (χ3v) is 5.81. The predicted octanol–water partition coefficient (Wildman–Crippen LogP) is 5.54. The molecule has 24 heavy (non-hydrogen) atoms. The SMILES string of the molecule is COc1ccc(Br)c2c1-c1nc(/N=C/c3ccc(C)cc3)sc1C2. The molecule has 0 saturated heterocycles. The third-order valence-electron chi connectivity index (χ3n) is 4.10. The van der Waals surface area contributed by atoms with Crippen molar-refractivity contribution in [3.8, 4) is 17.0 Å². The molecule has 0 saturated carbocycles. The van der Waals surface area contributed by atoms with Gasteiger partial charge < -0.3 is 4.74 Å². The van der Waals surface area contributed by atoms with Crippen LogP contribution in [0.1, 0.15) is 21.6 Å². The summed E-state index contributed by atoms with van der Waals surface area (Å²) in [4.78, 5) is 10.5. The molecule has 3 nitrogen and oxygen atoms in total. The standard InChI is InChI=1S/C19H15BrN2OS/c1-11-3-5-12(6-4-11)10-21-19-22-18-16(24-19)9-13-14(20)7-8-15(23-2)17(13)18/h3-8,10H,9H2,1-2H3/b21-10+. The number of aromatic nitrogens is 1. The number of ether oxygens (including phenoxy) is 1. The normalized spacial score (nSPS) is 12.5. The second kappa shape index (κ2) is 6.15. The van der Waals surface area contributed by atoms with Gasteiger partial charge in [-0.1, -0.05) is 57.1 Å². The Kier molecular flexibility index (Phi) is 3.98. The van der Waals surface area contributed by atoms with E-state index in [-0.39, 0.29) is 0 Å². The summed E-state index contributed by atoms with van der Waals surface area (Å²) in [5, 5.41) is 0.785. The molecule has 0 N–H and O–H groups in total. The van der Waals surface area contributed by atoms with E-state index >= 15 is 0 Å². The molecule has 0 radical (unpaired) electrons. The maximum absolute atomic E-state index is 5.52. The number of methoxy groups -OCH3 is 1. The largest absolute Gasteiger partial charge is 0.496 e. The minimum Gasteiger partial charge on any atom is -0.496 e. The van der Waals surface area contributed by atoms with Crippen molar-refractivity contribution in [2.75, 3.05) is 7.11 Å². The summed E-state index contributed by atoms with van der Waals surface area (Å²) in [6.45, 7) is 2.08. The van der Waals surface area contributed by atoms with Crippen molar-refractivity contribution >= 4 is 38.6 Å². The van der Waals surface area contributed by atoms with Gasteiger partial charge >= 0.3 is 0 Å². The molecule has 2 aromatic carbocycles. The smallest absolute Gasteiger partial charge is 0.209 e. The van der Waals surface area contributed by atoms with Gasteiger partial charge in [0, 0.05) is 27.5 Å². The Morgan fingerprint density at radius 3 is 2.75 bits per heavy atom. The molecule has 0 spiro atoms. The van der Waals surface area contributed by atoms with Crippen molar-refractivity contribution in [3.05, 3.63) is 62.4 Å². The molecule has 0 aliphatic heterocycles. The van der Waals surface area contributed by atoms with Crippen LogP contribution in [0.25, 0.3) is 11.3 Å². The Bertz CT molecular complexity index is 945. The number of fused-ring (bicyclic) bond motifs is 3. The van der Waals surface area contributed by atoms with Crippen molar-refractivity contribution in [3.63, 3.8) is 0 Å². The molecule has 1 heterocycles. The van der Waals surface area contributed by atoms with E-state index in [4.69, 9.17) is 9.72 Å². The van der Waals surface area contributed by atoms with Crippen LogP contribution in [0.5, 0.6) is 5.75 Å². The Labute approximate surface area is 153 Å². The molecule has 1 aliphatic carbocycles. The first kappa shape index (κ1) is 15.5. The number of aryl methyl sites for hydroxylation is 1. The van der Waals surface area contributed by atoms with Crippen LogP contribution < -0.4 is 4.74 Å². The average Bonchev–Trinajstić information content (AvgIpc) is 3.13. The maximum atomic E-state index is 5.52. The van der Waals surface area contributed by atoms with Crippen LogP contribution in [-0.4, -0.2) is 18.3 Å². The van der Waals surface area contributed by atoms with E-state index in [1.165, 1.54) is 16.0 Å². The topological polar surface area (TPSA) is 34.5 Å². The highest BCUT2D eigenvalue weighted by Gasteiger charge is 2.28. The first-order valence-electron chi connectivity index (χ1n) is 7.62. The summed E-state index contributed by atoms with van der Waals surface area (Å²) in [7, 11) is 1.70. The number of thiazole rings is 1. The van der Waals surface area contributed by atoms with Crippen molar-refractivity contribution in [2.24, 2.45) is 4.99 Å². The fourth-order valence-electron chi connectivity index (χ4n) is 2.86. The van der Waals surface area contributed by atoms with Gasteiger partial charge in [-0.2, -0.15) is 0 Å². The Hall–Kier alpha value is -1.98. The lowest BCUT2D eigenvalue weighted by Crippen LogP contribution is -1.90. The summed E-state index contributed by atoms with van der Waals surface area (Å²) >= 11 is 5.28. The summed E-state index contributed by atoms with van der Waals surface area (Å²) in [6.07, 6.45) is 2.74. The quantitative estimate of drug-likeness (QED) is 0.424. The zero-order valence-electron chi connectivity index (χ0n) is 13.3. The minimum atomic E-state index is 0.785. The number of benzene rings is 2. The Morgan fingerprint density at radius 1 is 1.21 bits per heavy atom. The molecule has 4 rings (SSSR count). The molecule has 120 valence electrons. The van der Waals surface area contributed by atoms with Crippen LogP contribution >= 0.6 is 27.3 Å². The monoisotopic (exact) mass is 398 g/mol. The third kappa shape index (κ3) is 2.68. The summed E-state index contributed by atoms with van der Waals surface area (Å²) < 4.78 is 6.63. The van der Waals surface area contributed by atoms with Crippen LogP contribution in [-0.2, 0) is 6.42 Å². The molecule has 1 aliphatic rings. The van der Waals surface area contributed by atoms with Crippen molar-refractivity contribution < 1.29 is 4.74 Å². The number of hydrogen-bond acceptors (Lipinski definition) is 4.